The molecule has 2 aromatic rings. The first-order chi connectivity index (χ1) is 10.1. The SMILES string of the molecule is Nc1nc(-c2ccc(F)c(F)c2)nc(N2CCOCC2)n1. The van der Waals surface area contributed by atoms with Gasteiger partial charge in [0.05, 0.1) is 13.2 Å². The van der Waals surface area contributed by atoms with Crippen molar-refractivity contribution >= 4 is 11.9 Å². The van der Waals surface area contributed by atoms with E-state index in [4.69, 9.17) is 10.5 Å². The number of hydrogen-bond donors (Lipinski definition) is 1. The third-order valence-corrected chi connectivity index (χ3v) is 3.11. The molecular formula is C13H13F2N5O. The molecule has 0 bridgehead atoms. The van der Waals surface area contributed by atoms with Gasteiger partial charge in [-0.15, -0.1) is 0 Å². The molecule has 1 aromatic heterocycles. The smallest absolute Gasteiger partial charge is 0.230 e. The molecule has 21 heavy (non-hydrogen) atoms. The van der Waals surface area contributed by atoms with Gasteiger partial charge in [-0.25, -0.2) is 8.78 Å². The zero-order chi connectivity index (χ0) is 14.8. The topological polar surface area (TPSA) is 77.2 Å². The lowest BCUT2D eigenvalue weighted by Crippen LogP contribution is -2.37. The zero-order valence-electron chi connectivity index (χ0n) is 11.1. The first-order valence-electron chi connectivity index (χ1n) is 6.43. The molecule has 0 radical (unpaired) electrons. The molecule has 2 heterocycles. The third-order valence-electron chi connectivity index (χ3n) is 3.11. The number of nitrogens with two attached hydrogens (primary N) is 1. The van der Waals surface area contributed by atoms with E-state index in [-0.39, 0.29) is 11.8 Å². The molecule has 0 aliphatic carbocycles. The molecule has 0 spiro atoms. The first kappa shape index (κ1) is 13.6. The summed E-state index contributed by atoms with van der Waals surface area (Å²) in [5, 5.41) is 0. The number of halogens is 2. The predicted octanol–water partition coefficient (Wildman–Crippen LogP) is 1.24. The Kier molecular flexibility index (Phi) is 3.61. The fraction of sp³-hybridized carbons (Fsp3) is 0.308. The standard InChI is InChI=1S/C13H13F2N5O/c14-9-2-1-8(7-10(9)15)11-17-12(16)19-13(18-11)20-3-5-21-6-4-20/h1-2,7H,3-6H2,(H2,16,17,18,19). The summed E-state index contributed by atoms with van der Waals surface area (Å²) in [5.74, 6) is -1.23. The maximum absolute atomic E-state index is 13.3. The van der Waals surface area contributed by atoms with Crippen molar-refractivity contribution in [3.8, 4) is 11.4 Å². The maximum Gasteiger partial charge on any atom is 0.230 e. The van der Waals surface area contributed by atoms with Crippen molar-refractivity contribution in [1.29, 1.82) is 0 Å². The van der Waals surface area contributed by atoms with E-state index in [0.717, 1.165) is 12.1 Å². The van der Waals surface area contributed by atoms with Gasteiger partial charge < -0.3 is 15.4 Å². The van der Waals surface area contributed by atoms with Crippen LogP contribution in [-0.4, -0.2) is 41.3 Å². The normalized spacial score (nSPS) is 15.2. The van der Waals surface area contributed by atoms with Gasteiger partial charge in [0.2, 0.25) is 11.9 Å². The van der Waals surface area contributed by atoms with Crippen LogP contribution in [0.2, 0.25) is 0 Å². The van der Waals surface area contributed by atoms with E-state index >= 15 is 0 Å². The number of nitrogen functional groups attached to an aromatic ring is 1. The Labute approximate surface area is 119 Å². The predicted molar refractivity (Wildman–Crippen MR) is 72.6 cm³/mol. The van der Waals surface area contributed by atoms with Gasteiger partial charge in [-0.2, -0.15) is 15.0 Å². The molecule has 3 rings (SSSR count). The maximum atomic E-state index is 13.3. The number of ether oxygens (including phenoxy) is 1. The van der Waals surface area contributed by atoms with Crippen molar-refractivity contribution < 1.29 is 13.5 Å². The van der Waals surface area contributed by atoms with Gasteiger partial charge in [-0.3, -0.25) is 0 Å². The van der Waals surface area contributed by atoms with Crippen LogP contribution >= 0.6 is 0 Å². The lowest BCUT2D eigenvalue weighted by atomic mass is 10.2. The van der Waals surface area contributed by atoms with E-state index in [2.05, 4.69) is 15.0 Å². The Morgan fingerprint density at radius 3 is 2.52 bits per heavy atom. The Morgan fingerprint density at radius 2 is 1.81 bits per heavy atom. The highest BCUT2D eigenvalue weighted by atomic mass is 19.2. The van der Waals surface area contributed by atoms with Crippen LogP contribution in [0.25, 0.3) is 11.4 Å². The van der Waals surface area contributed by atoms with Crippen LogP contribution in [0.4, 0.5) is 20.7 Å². The molecule has 110 valence electrons. The number of morpholine rings is 1. The summed E-state index contributed by atoms with van der Waals surface area (Å²) < 4.78 is 31.6. The van der Waals surface area contributed by atoms with Crippen LogP contribution in [0.15, 0.2) is 18.2 Å². The second kappa shape index (κ2) is 5.57. The fourth-order valence-electron chi connectivity index (χ4n) is 2.05. The van der Waals surface area contributed by atoms with Gasteiger partial charge in [0.1, 0.15) is 0 Å². The van der Waals surface area contributed by atoms with Crippen molar-refractivity contribution in [3.05, 3.63) is 29.8 Å². The summed E-state index contributed by atoms with van der Waals surface area (Å²) in [6, 6.07) is 3.46. The summed E-state index contributed by atoms with van der Waals surface area (Å²) in [6.07, 6.45) is 0. The number of aromatic nitrogens is 3. The molecule has 0 unspecified atom stereocenters. The van der Waals surface area contributed by atoms with Crippen molar-refractivity contribution in [2.45, 2.75) is 0 Å². The summed E-state index contributed by atoms with van der Waals surface area (Å²) >= 11 is 0. The zero-order valence-corrected chi connectivity index (χ0v) is 11.1. The van der Waals surface area contributed by atoms with E-state index in [0.29, 0.717) is 37.8 Å². The van der Waals surface area contributed by atoms with Crippen LogP contribution in [-0.2, 0) is 4.74 Å². The van der Waals surface area contributed by atoms with Gasteiger partial charge in [-0.1, -0.05) is 0 Å². The van der Waals surface area contributed by atoms with Crippen molar-refractivity contribution in [1.82, 2.24) is 15.0 Å². The molecule has 1 fully saturated rings. The highest BCUT2D eigenvalue weighted by Crippen LogP contribution is 2.21. The van der Waals surface area contributed by atoms with E-state index in [1.807, 2.05) is 4.90 Å². The first-order valence-corrected chi connectivity index (χ1v) is 6.43. The Balaban J connectivity index is 1.98. The lowest BCUT2D eigenvalue weighted by molar-refractivity contribution is 0.122. The molecular weight excluding hydrogens is 280 g/mol. The monoisotopic (exact) mass is 293 g/mol. The molecule has 0 amide bonds. The van der Waals surface area contributed by atoms with Crippen molar-refractivity contribution in [2.75, 3.05) is 36.9 Å². The van der Waals surface area contributed by atoms with Crippen molar-refractivity contribution in [3.63, 3.8) is 0 Å². The average molecular weight is 293 g/mol. The van der Waals surface area contributed by atoms with Crippen LogP contribution in [0, 0.1) is 11.6 Å². The van der Waals surface area contributed by atoms with E-state index < -0.39 is 11.6 Å². The Hall–Kier alpha value is -2.35. The van der Waals surface area contributed by atoms with Crippen LogP contribution in [0.1, 0.15) is 0 Å². The number of hydrogen-bond acceptors (Lipinski definition) is 6. The second-order valence-electron chi connectivity index (χ2n) is 4.55. The molecule has 0 saturated carbocycles. The van der Waals surface area contributed by atoms with Crippen LogP contribution in [0.5, 0.6) is 0 Å². The van der Waals surface area contributed by atoms with Crippen LogP contribution in [0.3, 0.4) is 0 Å². The largest absolute Gasteiger partial charge is 0.378 e. The van der Waals surface area contributed by atoms with Crippen molar-refractivity contribution in [2.24, 2.45) is 0 Å². The number of benzene rings is 1. The third kappa shape index (κ3) is 2.89. The summed E-state index contributed by atoms with van der Waals surface area (Å²) in [6.45, 7) is 2.43. The molecule has 8 heteroatoms. The Bertz CT molecular complexity index is 661. The van der Waals surface area contributed by atoms with Crippen LogP contribution < -0.4 is 10.6 Å². The summed E-state index contributed by atoms with van der Waals surface area (Å²) in [7, 11) is 0. The molecule has 0 atom stereocenters. The molecule has 2 N–H and O–H groups in total. The van der Waals surface area contributed by atoms with E-state index in [1.54, 1.807) is 0 Å². The molecule has 1 aliphatic heterocycles. The molecule has 1 aromatic carbocycles. The lowest BCUT2D eigenvalue weighted by Gasteiger charge is -2.26. The van der Waals surface area contributed by atoms with E-state index in [9.17, 15) is 8.78 Å². The van der Waals surface area contributed by atoms with Gasteiger partial charge in [-0.05, 0) is 18.2 Å². The highest BCUT2D eigenvalue weighted by Gasteiger charge is 2.17. The number of anilines is 2. The highest BCUT2D eigenvalue weighted by molar-refractivity contribution is 5.58. The summed E-state index contributed by atoms with van der Waals surface area (Å²) in [5.41, 5.74) is 6.03. The van der Waals surface area contributed by atoms with E-state index in [1.165, 1.54) is 6.07 Å². The molecule has 1 saturated heterocycles. The van der Waals surface area contributed by atoms with Gasteiger partial charge >= 0.3 is 0 Å². The van der Waals surface area contributed by atoms with Gasteiger partial charge in [0, 0.05) is 18.7 Å². The average Bonchev–Trinajstić information content (AvgIpc) is 2.50. The number of nitrogens with zero attached hydrogens (tertiary/aromatic N) is 4. The van der Waals surface area contributed by atoms with Gasteiger partial charge in [0.15, 0.2) is 17.5 Å². The fourth-order valence-corrected chi connectivity index (χ4v) is 2.05. The molecule has 6 nitrogen and oxygen atoms in total. The molecule has 1 aliphatic rings. The minimum Gasteiger partial charge on any atom is -0.378 e. The Morgan fingerprint density at radius 1 is 1.05 bits per heavy atom. The minimum absolute atomic E-state index is 0.0335. The second-order valence-corrected chi connectivity index (χ2v) is 4.55. The minimum atomic E-state index is -0.959. The van der Waals surface area contributed by atoms with Gasteiger partial charge in [0.25, 0.3) is 0 Å². The summed E-state index contributed by atoms with van der Waals surface area (Å²) in [4.78, 5) is 14.2. The quantitative estimate of drug-likeness (QED) is 0.897. The number of rotatable bonds is 2.